The van der Waals surface area contributed by atoms with Crippen LogP contribution in [-0.2, 0) is 4.79 Å². The van der Waals surface area contributed by atoms with Crippen molar-refractivity contribution in [1.82, 2.24) is 4.90 Å². The maximum atomic E-state index is 11.5. The average molecular weight is 360 g/mol. The van der Waals surface area contributed by atoms with Crippen molar-refractivity contribution in [1.29, 1.82) is 0 Å². The van der Waals surface area contributed by atoms with Gasteiger partial charge in [0.25, 0.3) is 0 Å². The number of imide groups is 1. The zero-order valence-electron chi connectivity index (χ0n) is 16.0. The monoisotopic (exact) mass is 359 g/mol. The lowest BCUT2D eigenvalue weighted by Crippen LogP contribution is -2.28. The summed E-state index contributed by atoms with van der Waals surface area (Å²) >= 11 is 5.26. The van der Waals surface area contributed by atoms with Gasteiger partial charge in [0.05, 0.1) is 0 Å². The van der Waals surface area contributed by atoms with Crippen LogP contribution in [0.4, 0.5) is 4.79 Å². The van der Waals surface area contributed by atoms with Crippen molar-refractivity contribution in [3.05, 3.63) is 0 Å². The van der Waals surface area contributed by atoms with Gasteiger partial charge in [0.1, 0.15) is 0 Å². The average Bonchev–Trinajstić information content (AvgIpc) is 2.57. The maximum Gasteiger partial charge on any atom is 0.322 e. The number of hydrogen-bond donors (Lipinski definition) is 0. The predicted molar refractivity (Wildman–Crippen MR) is 104 cm³/mol. The zero-order valence-corrected chi connectivity index (χ0v) is 16.7. The quantitative estimate of drug-likeness (QED) is 0.168. The second-order valence-electron chi connectivity index (χ2n) is 6.91. The molecule has 0 spiro atoms. The Kier molecular flexibility index (Phi) is 16.8. The maximum absolute atomic E-state index is 11.5. The molecule has 0 bridgehead atoms. The van der Waals surface area contributed by atoms with Gasteiger partial charge >= 0.3 is 5.37 Å². The number of amides is 2. The molecule has 0 aliphatic carbocycles. The molecular weight excluding hydrogens is 322 g/mol. The third-order valence-corrected chi connectivity index (χ3v) is 4.89. The molecule has 0 fully saturated rings. The summed E-state index contributed by atoms with van der Waals surface area (Å²) in [6, 6.07) is 0. The predicted octanol–water partition coefficient (Wildman–Crippen LogP) is 7.07. The highest BCUT2D eigenvalue weighted by molar-refractivity contribution is 6.63. The lowest BCUT2D eigenvalue weighted by Gasteiger charge is -2.10. The molecule has 0 aromatic carbocycles. The molecule has 0 aliphatic heterocycles. The first-order chi connectivity index (χ1) is 11.6. The first-order valence-electron chi connectivity index (χ1n) is 10.1. The van der Waals surface area contributed by atoms with Crippen molar-refractivity contribution in [3.8, 4) is 0 Å². The summed E-state index contributed by atoms with van der Waals surface area (Å²) in [5.41, 5.74) is 0. The Morgan fingerprint density at radius 2 is 1.00 bits per heavy atom. The van der Waals surface area contributed by atoms with Crippen LogP contribution in [-0.4, -0.2) is 23.2 Å². The summed E-state index contributed by atoms with van der Waals surface area (Å²) in [5.74, 6) is -0.176. The topological polar surface area (TPSA) is 37.4 Å². The van der Waals surface area contributed by atoms with Gasteiger partial charge in [0.15, 0.2) is 0 Å². The van der Waals surface area contributed by atoms with Gasteiger partial charge in [-0.25, -0.2) is 0 Å². The van der Waals surface area contributed by atoms with Gasteiger partial charge in [0, 0.05) is 13.5 Å². The van der Waals surface area contributed by atoms with Crippen LogP contribution in [0.2, 0.25) is 0 Å². The van der Waals surface area contributed by atoms with Crippen LogP contribution in [0.15, 0.2) is 0 Å². The van der Waals surface area contributed by atoms with E-state index in [1.54, 1.807) is 0 Å². The molecule has 0 aromatic rings. The Balaban J connectivity index is 3.18. The minimum Gasteiger partial charge on any atom is -0.274 e. The Morgan fingerprint density at radius 1 is 0.667 bits per heavy atom. The second kappa shape index (κ2) is 17.3. The van der Waals surface area contributed by atoms with Crippen molar-refractivity contribution in [2.45, 2.75) is 110 Å². The van der Waals surface area contributed by atoms with Crippen LogP contribution >= 0.6 is 11.6 Å². The van der Waals surface area contributed by atoms with Gasteiger partial charge in [-0.1, -0.05) is 96.8 Å². The molecule has 4 heteroatoms. The molecule has 0 N–H and O–H groups in total. The molecular formula is C20H38ClNO2. The highest BCUT2D eigenvalue weighted by Crippen LogP contribution is 2.14. The minimum atomic E-state index is -0.694. The smallest absolute Gasteiger partial charge is 0.274 e. The first kappa shape index (κ1) is 23.4. The molecule has 0 saturated carbocycles. The number of unbranched alkanes of at least 4 members (excludes halogenated alkanes) is 14. The highest BCUT2D eigenvalue weighted by Gasteiger charge is 2.13. The minimum absolute atomic E-state index is 0.176. The van der Waals surface area contributed by atoms with E-state index < -0.39 is 5.37 Å². The lowest BCUT2D eigenvalue weighted by atomic mass is 10.0. The van der Waals surface area contributed by atoms with Crippen molar-refractivity contribution < 1.29 is 9.59 Å². The summed E-state index contributed by atoms with van der Waals surface area (Å²) in [7, 11) is 1.43. The van der Waals surface area contributed by atoms with E-state index in [9.17, 15) is 9.59 Å². The number of hydrogen-bond acceptors (Lipinski definition) is 2. The van der Waals surface area contributed by atoms with Gasteiger partial charge in [-0.3, -0.25) is 14.5 Å². The Hall–Kier alpha value is -0.570. The zero-order chi connectivity index (χ0) is 18.0. The fourth-order valence-electron chi connectivity index (χ4n) is 2.91. The fourth-order valence-corrected chi connectivity index (χ4v) is 3.01. The summed E-state index contributed by atoms with van der Waals surface area (Å²) in [5, 5.41) is -0.694. The van der Waals surface area contributed by atoms with Crippen LogP contribution in [0.25, 0.3) is 0 Å². The number of carbonyl (C=O) groups excluding carboxylic acids is 2. The lowest BCUT2D eigenvalue weighted by molar-refractivity contribution is -0.127. The fraction of sp³-hybridized carbons (Fsp3) is 0.900. The van der Waals surface area contributed by atoms with Crippen LogP contribution in [0.3, 0.4) is 0 Å². The van der Waals surface area contributed by atoms with E-state index in [2.05, 4.69) is 6.92 Å². The van der Waals surface area contributed by atoms with Crippen LogP contribution in [0.5, 0.6) is 0 Å². The van der Waals surface area contributed by atoms with Crippen molar-refractivity contribution >= 4 is 22.9 Å². The number of carbonyl (C=O) groups is 2. The molecule has 2 amide bonds. The standard InChI is InChI=1S/C20H38ClNO2/c1-3-4-5-6-7-8-9-10-11-12-13-14-15-16-17-18-19(23)22(2)20(21)24/h3-18H2,1-2H3. The molecule has 3 nitrogen and oxygen atoms in total. The van der Waals surface area contributed by atoms with Crippen LogP contribution < -0.4 is 0 Å². The molecule has 142 valence electrons. The van der Waals surface area contributed by atoms with Crippen molar-refractivity contribution in [3.63, 3.8) is 0 Å². The first-order valence-corrected chi connectivity index (χ1v) is 10.4. The summed E-state index contributed by atoms with van der Waals surface area (Å²) in [6.45, 7) is 2.27. The van der Waals surface area contributed by atoms with Gasteiger partial charge in [-0.2, -0.15) is 0 Å². The van der Waals surface area contributed by atoms with Gasteiger partial charge < -0.3 is 0 Å². The van der Waals surface area contributed by atoms with Gasteiger partial charge in [0.2, 0.25) is 5.91 Å². The SMILES string of the molecule is CCCCCCCCCCCCCCCCCC(=O)N(C)C(=O)Cl. The Bertz CT molecular complexity index is 321. The molecule has 0 saturated heterocycles. The molecule has 0 atom stereocenters. The highest BCUT2D eigenvalue weighted by atomic mass is 35.5. The molecule has 0 radical (unpaired) electrons. The normalized spacial score (nSPS) is 10.8. The molecule has 0 unspecified atom stereocenters. The van der Waals surface area contributed by atoms with E-state index >= 15 is 0 Å². The number of halogens is 1. The Labute approximate surface area is 154 Å². The summed E-state index contributed by atoms with van der Waals surface area (Å²) in [4.78, 5) is 23.3. The molecule has 0 heterocycles. The Morgan fingerprint density at radius 3 is 1.33 bits per heavy atom. The number of rotatable bonds is 16. The van der Waals surface area contributed by atoms with E-state index in [1.165, 1.54) is 90.5 Å². The van der Waals surface area contributed by atoms with Crippen LogP contribution in [0.1, 0.15) is 110 Å². The van der Waals surface area contributed by atoms with E-state index in [-0.39, 0.29) is 5.91 Å². The van der Waals surface area contributed by atoms with E-state index in [0.29, 0.717) is 6.42 Å². The van der Waals surface area contributed by atoms with Gasteiger partial charge in [-0.05, 0) is 18.0 Å². The van der Waals surface area contributed by atoms with Crippen molar-refractivity contribution in [2.75, 3.05) is 7.05 Å². The molecule has 0 aromatic heterocycles. The summed E-state index contributed by atoms with van der Waals surface area (Å²) < 4.78 is 0. The van der Waals surface area contributed by atoms with E-state index in [0.717, 1.165) is 17.7 Å². The summed E-state index contributed by atoms with van der Waals surface area (Å²) in [6.07, 6.45) is 20.0. The van der Waals surface area contributed by atoms with Gasteiger partial charge in [-0.15, -0.1) is 0 Å². The molecule has 24 heavy (non-hydrogen) atoms. The number of nitrogens with zero attached hydrogens (tertiary/aromatic N) is 1. The van der Waals surface area contributed by atoms with Crippen molar-refractivity contribution in [2.24, 2.45) is 0 Å². The third-order valence-electron chi connectivity index (χ3n) is 4.63. The second-order valence-corrected chi connectivity index (χ2v) is 7.23. The molecule has 0 aliphatic rings. The van der Waals surface area contributed by atoms with Crippen LogP contribution in [0, 0.1) is 0 Å². The van der Waals surface area contributed by atoms with E-state index in [1.807, 2.05) is 0 Å². The third kappa shape index (κ3) is 15.0. The van der Waals surface area contributed by atoms with E-state index in [4.69, 9.17) is 11.6 Å². The largest absolute Gasteiger partial charge is 0.322 e. The molecule has 0 rings (SSSR count).